The van der Waals surface area contributed by atoms with E-state index in [1.807, 2.05) is 0 Å². The van der Waals surface area contributed by atoms with Crippen LogP contribution in [0, 0.1) is 0 Å². The quantitative estimate of drug-likeness (QED) is 0.779. The number of nitrogen functional groups attached to an aromatic ring is 1. The van der Waals surface area contributed by atoms with Crippen LogP contribution in [-0.2, 0) is 0 Å². The predicted molar refractivity (Wildman–Crippen MR) is 82.6 cm³/mol. The molecular weight excluding hydrogens is 236 g/mol. The van der Waals surface area contributed by atoms with Crippen molar-refractivity contribution in [1.29, 1.82) is 0 Å². The van der Waals surface area contributed by atoms with E-state index in [-0.39, 0.29) is 0 Å². The summed E-state index contributed by atoms with van der Waals surface area (Å²) in [4.78, 5) is 11.0. The molecule has 1 heterocycles. The first-order valence-corrected chi connectivity index (χ1v) is 7.47. The van der Waals surface area contributed by atoms with Crippen molar-refractivity contribution in [2.24, 2.45) is 0 Å². The molecule has 0 saturated heterocycles. The monoisotopic (exact) mass is 264 g/mol. The molecular formula is C15H28N4. The van der Waals surface area contributed by atoms with Gasteiger partial charge in [-0.25, -0.2) is 9.97 Å². The van der Waals surface area contributed by atoms with Crippen LogP contribution in [0.5, 0.6) is 0 Å². The van der Waals surface area contributed by atoms with E-state index in [2.05, 4.69) is 42.6 Å². The number of aromatic nitrogens is 2. The number of nitrogens with zero attached hydrogens (tertiary/aromatic N) is 3. The minimum atomic E-state index is 0.349. The van der Waals surface area contributed by atoms with Crippen molar-refractivity contribution < 1.29 is 0 Å². The van der Waals surface area contributed by atoms with Gasteiger partial charge in [0, 0.05) is 18.7 Å². The van der Waals surface area contributed by atoms with Gasteiger partial charge in [-0.15, -0.1) is 0 Å². The highest BCUT2D eigenvalue weighted by molar-refractivity contribution is 5.58. The average Bonchev–Trinajstić information content (AvgIpc) is 2.38. The molecule has 0 atom stereocenters. The van der Waals surface area contributed by atoms with Crippen LogP contribution in [-0.4, -0.2) is 23.1 Å². The van der Waals surface area contributed by atoms with Crippen LogP contribution in [0.3, 0.4) is 0 Å². The van der Waals surface area contributed by atoms with Crippen LogP contribution < -0.4 is 10.6 Å². The lowest BCUT2D eigenvalue weighted by Crippen LogP contribution is -2.28. The summed E-state index contributed by atoms with van der Waals surface area (Å²) >= 11 is 0. The fraction of sp³-hybridized carbons (Fsp3) is 0.733. The number of hydrogen-bond acceptors (Lipinski definition) is 4. The SMILES string of the molecule is CCCCN(CCCC)c1ncnc(N)c1C(C)C. The molecule has 0 aliphatic rings. The van der Waals surface area contributed by atoms with Gasteiger partial charge in [0.2, 0.25) is 0 Å². The van der Waals surface area contributed by atoms with Crippen LogP contribution in [0.2, 0.25) is 0 Å². The third-order valence-corrected chi connectivity index (χ3v) is 3.33. The van der Waals surface area contributed by atoms with Crippen molar-refractivity contribution >= 4 is 11.6 Å². The molecule has 1 aromatic heterocycles. The Morgan fingerprint density at radius 2 is 1.68 bits per heavy atom. The lowest BCUT2D eigenvalue weighted by Gasteiger charge is -2.27. The Kier molecular flexibility index (Phi) is 6.60. The molecule has 0 amide bonds. The first-order chi connectivity index (χ1) is 9.11. The molecule has 0 bridgehead atoms. The molecule has 4 nitrogen and oxygen atoms in total. The van der Waals surface area contributed by atoms with Gasteiger partial charge in [0.05, 0.1) is 0 Å². The van der Waals surface area contributed by atoms with Gasteiger partial charge >= 0.3 is 0 Å². The van der Waals surface area contributed by atoms with E-state index < -0.39 is 0 Å². The van der Waals surface area contributed by atoms with Gasteiger partial charge in [-0.2, -0.15) is 0 Å². The van der Waals surface area contributed by atoms with E-state index in [0.717, 1.165) is 24.5 Å². The van der Waals surface area contributed by atoms with Crippen molar-refractivity contribution in [2.45, 2.75) is 59.3 Å². The second-order valence-corrected chi connectivity index (χ2v) is 5.35. The molecule has 0 radical (unpaired) electrons. The molecule has 0 spiro atoms. The Balaban J connectivity index is 3.02. The maximum absolute atomic E-state index is 6.04. The van der Waals surface area contributed by atoms with Crippen LogP contribution >= 0.6 is 0 Å². The first-order valence-electron chi connectivity index (χ1n) is 7.47. The Morgan fingerprint density at radius 1 is 1.11 bits per heavy atom. The molecule has 0 unspecified atom stereocenters. The molecule has 0 aliphatic carbocycles. The van der Waals surface area contributed by atoms with E-state index in [0.29, 0.717) is 11.7 Å². The molecule has 19 heavy (non-hydrogen) atoms. The van der Waals surface area contributed by atoms with Gasteiger partial charge in [0.25, 0.3) is 0 Å². The van der Waals surface area contributed by atoms with E-state index in [1.165, 1.54) is 25.7 Å². The first kappa shape index (κ1) is 15.7. The summed E-state index contributed by atoms with van der Waals surface area (Å²) in [6, 6.07) is 0. The minimum Gasteiger partial charge on any atom is -0.383 e. The molecule has 0 aromatic carbocycles. The molecule has 1 aromatic rings. The van der Waals surface area contributed by atoms with Gasteiger partial charge in [0.1, 0.15) is 18.0 Å². The van der Waals surface area contributed by atoms with Crippen molar-refractivity contribution in [2.75, 3.05) is 23.7 Å². The summed E-state index contributed by atoms with van der Waals surface area (Å²) in [6.07, 6.45) is 6.35. The molecule has 4 heteroatoms. The Bertz CT molecular complexity index is 368. The normalized spacial score (nSPS) is 11.0. The highest BCUT2D eigenvalue weighted by atomic mass is 15.2. The number of rotatable bonds is 8. The van der Waals surface area contributed by atoms with Crippen molar-refractivity contribution in [3.05, 3.63) is 11.9 Å². The smallest absolute Gasteiger partial charge is 0.137 e. The molecule has 0 fully saturated rings. The molecule has 108 valence electrons. The van der Waals surface area contributed by atoms with Crippen molar-refractivity contribution in [1.82, 2.24) is 9.97 Å². The topological polar surface area (TPSA) is 55.0 Å². The van der Waals surface area contributed by atoms with Crippen LogP contribution in [0.25, 0.3) is 0 Å². The van der Waals surface area contributed by atoms with Crippen LogP contribution in [0.4, 0.5) is 11.6 Å². The van der Waals surface area contributed by atoms with Crippen molar-refractivity contribution in [3.63, 3.8) is 0 Å². The Morgan fingerprint density at radius 3 is 2.16 bits per heavy atom. The van der Waals surface area contributed by atoms with Gasteiger partial charge in [-0.05, 0) is 18.8 Å². The van der Waals surface area contributed by atoms with E-state index in [4.69, 9.17) is 5.73 Å². The van der Waals surface area contributed by atoms with Gasteiger partial charge in [-0.3, -0.25) is 0 Å². The third-order valence-electron chi connectivity index (χ3n) is 3.33. The van der Waals surface area contributed by atoms with E-state index in [1.54, 1.807) is 6.33 Å². The van der Waals surface area contributed by atoms with Gasteiger partial charge < -0.3 is 10.6 Å². The Labute approximate surface area is 117 Å². The lowest BCUT2D eigenvalue weighted by atomic mass is 10.0. The average molecular weight is 264 g/mol. The number of nitrogens with two attached hydrogens (primary N) is 1. The van der Waals surface area contributed by atoms with Crippen LogP contribution in [0.1, 0.15) is 64.9 Å². The Hall–Kier alpha value is -1.32. The van der Waals surface area contributed by atoms with Crippen LogP contribution in [0.15, 0.2) is 6.33 Å². The highest BCUT2D eigenvalue weighted by Gasteiger charge is 2.17. The predicted octanol–water partition coefficient (Wildman–Crippen LogP) is 3.59. The summed E-state index contributed by atoms with van der Waals surface area (Å²) in [7, 11) is 0. The summed E-state index contributed by atoms with van der Waals surface area (Å²) in [6.45, 7) is 10.8. The number of hydrogen-bond donors (Lipinski definition) is 1. The fourth-order valence-electron chi connectivity index (χ4n) is 2.23. The largest absolute Gasteiger partial charge is 0.383 e. The summed E-state index contributed by atoms with van der Waals surface area (Å²) in [5, 5.41) is 0. The van der Waals surface area contributed by atoms with E-state index in [9.17, 15) is 0 Å². The maximum atomic E-state index is 6.04. The lowest BCUT2D eigenvalue weighted by molar-refractivity contribution is 0.663. The molecule has 0 aliphatic heterocycles. The van der Waals surface area contributed by atoms with E-state index >= 15 is 0 Å². The minimum absolute atomic E-state index is 0.349. The molecule has 1 rings (SSSR count). The highest BCUT2D eigenvalue weighted by Crippen LogP contribution is 2.29. The maximum Gasteiger partial charge on any atom is 0.137 e. The fourth-order valence-corrected chi connectivity index (χ4v) is 2.23. The zero-order chi connectivity index (χ0) is 14.3. The summed E-state index contributed by atoms with van der Waals surface area (Å²) < 4.78 is 0. The van der Waals surface area contributed by atoms with Crippen molar-refractivity contribution in [3.8, 4) is 0 Å². The zero-order valence-electron chi connectivity index (χ0n) is 12.8. The molecule has 0 saturated carbocycles. The standard InChI is InChI=1S/C15H28N4/c1-5-7-9-19(10-8-6-2)15-13(12(3)4)14(16)17-11-18-15/h11-12H,5-10H2,1-4H3,(H2,16,17,18). The summed E-state index contributed by atoms with van der Waals surface area (Å²) in [5.74, 6) is 2.00. The second kappa shape index (κ2) is 7.97. The zero-order valence-corrected chi connectivity index (χ0v) is 12.8. The second-order valence-electron chi connectivity index (χ2n) is 5.35. The van der Waals surface area contributed by atoms with Gasteiger partial charge in [0.15, 0.2) is 0 Å². The molecule has 2 N–H and O–H groups in total. The number of anilines is 2. The summed E-state index contributed by atoms with van der Waals surface area (Å²) in [5.41, 5.74) is 7.13. The number of unbranched alkanes of at least 4 members (excludes halogenated alkanes) is 2. The van der Waals surface area contributed by atoms with Gasteiger partial charge in [-0.1, -0.05) is 40.5 Å². The third kappa shape index (κ3) is 4.37.